The van der Waals surface area contributed by atoms with Crippen LogP contribution in [0.5, 0.6) is 0 Å². The lowest BCUT2D eigenvalue weighted by molar-refractivity contribution is 1.03. The van der Waals surface area contributed by atoms with Crippen LogP contribution in [0.4, 0.5) is 0 Å². The Morgan fingerprint density at radius 2 is 0.565 bits per heavy atom. The largest absolute Gasteiger partial charge is 0.253 e. The topological polar surface area (TPSA) is 77.3 Å². The second-order valence-corrected chi connectivity index (χ2v) is 10.7. The van der Waals surface area contributed by atoms with E-state index in [-0.39, 0.29) is 0 Å². The number of aryl methyl sites for hydroxylation is 4. The highest BCUT2D eigenvalue weighted by Gasteiger charge is 2.09. The quantitative estimate of drug-likeness (QED) is 0.141. The highest BCUT2D eigenvalue weighted by atomic mass is 14.8. The van der Waals surface area contributed by atoms with E-state index in [0.29, 0.717) is 0 Å². The van der Waals surface area contributed by atoms with E-state index in [1.165, 1.54) is 0 Å². The normalized spacial score (nSPS) is 11.9. The van der Waals surface area contributed by atoms with Crippen LogP contribution in [-0.4, -0.2) is 29.9 Å². The van der Waals surface area contributed by atoms with Crippen LogP contribution in [0.1, 0.15) is 96.0 Å². The van der Waals surface area contributed by atoms with Gasteiger partial charge >= 0.3 is 0 Å². The lowest BCUT2D eigenvalue weighted by Gasteiger charge is -2.08. The summed E-state index contributed by atoms with van der Waals surface area (Å²) in [6, 6.07) is 24.3. The molecule has 0 atom stereocenters. The van der Waals surface area contributed by atoms with Crippen molar-refractivity contribution >= 4 is 48.6 Å². The van der Waals surface area contributed by atoms with Gasteiger partial charge in [-0.1, -0.05) is 52.0 Å². The predicted molar refractivity (Wildman–Crippen MR) is 192 cm³/mol. The zero-order chi connectivity index (χ0) is 32.1. The molecule has 5 aromatic heterocycles. The van der Waals surface area contributed by atoms with Gasteiger partial charge in [-0.25, -0.2) is 9.97 Å². The number of nitrogens with zero attached hydrogens (tertiary/aromatic N) is 6. The van der Waals surface area contributed by atoms with Crippen LogP contribution in [0.25, 0.3) is 48.6 Å². The van der Waals surface area contributed by atoms with Crippen LogP contribution in [0, 0.1) is 0 Å². The molecule has 0 unspecified atom stereocenters. The molecule has 0 N–H and O–H groups in total. The molecule has 0 bridgehead atoms. The van der Waals surface area contributed by atoms with E-state index in [9.17, 15) is 0 Å². The molecule has 0 aromatic carbocycles. The second-order valence-electron chi connectivity index (χ2n) is 10.7. The van der Waals surface area contributed by atoms with Gasteiger partial charge in [-0.2, -0.15) is 0 Å². The summed E-state index contributed by atoms with van der Waals surface area (Å²) < 4.78 is 0. The lowest BCUT2D eigenvalue weighted by Crippen LogP contribution is -2.00. The van der Waals surface area contributed by atoms with Crippen molar-refractivity contribution in [3.8, 4) is 0 Å². The fraction of sp³-hybridized carbons (Fsp3) is 0.200. The van der Waals surface area contributed by atoms with E-state index in [0.717, 1.165) is 94.0 Å². The SMILES string of the molecule is CCc1cccc(C=Cc2nc(C=Cc3cccc(CC)n3)c(C=Cc3cccc(CC)n3)nc2C=Cc2cccc(CC)n2)n1. The molecule has 0 aliphatic carbocycles. The molecular weight excluding hydrogens is 564 g/mol. The first-order chi connectivity index (χ1) is 22.6. The molecule has 230 valence electrons. The highest BCUT2D eigenvalue weighted by molar-refractivity contribution is 5.80. The molecular formula is C40H40N6. The van der Waals surface area contributed by atoms with Crippen LogP contribution < -0.4 is 0 Å². The first-order valence-electron chi connectivity index (χ1n) is 16.0. The molecule has 0 aliphatic heterocycles. The van der Waals surface area contributed by atoms with Crippen molar-refractivity contribution in [2.75, 3.05) is 0 Å². The summed E-state index contributed by atoms with van der Waals surface area (Å²) in [5, 5.41) is 0. The molecule has 6 nitrogen and oxygen atoms in total. The molecule has 0 saturated carbocycles. The molecule has 0 fully saturated rings. The van der Waals surface area contributed by atoms with Crippen molar-refractivity contribution < 1.29 is 0 Å². The molecule has 5 aromatic rings. The summed E-state index contributed by atoms with van der Waals surface area (Å²) in [5.74, 6) is 0. The average Bonchev–Trinajstić information content (AvgIpc) is 3.12. The summed E-state index contributed by atoms with van der Waals surface area (Å²) in [6.45, 7) is 8.43. The maximum atomic E-state index is 5.14. The Balaban J connectivity index is 1.63. The lowest BCUT2D eigenvalue weighted by atomic mass is 10.1. The smallest absolute Gasteiger partial charge is 0.0895 e. The van der Waals surface area contributed by atoms with Crippen molar-refractivity contribution in [3.63, 3.8) is 0 Å². The van der Waals surface area contributed by atoms with E-state index in [1.54, 1.807) is 0 Å². The van der Waals surface area contributed by atoms with E-state index in [4.69, 9.17) is 29.9 Å². The first kappa shape index (κ1) is 32.0. The van der Waals surface area contributed by atoms with Crippen LogP contribution >= 0.6 is 0 Å². The summed E-state index contributed by atoms with van der Waals surface area (Å²) in [7, 11) is 0. The highest BCUT2D eigenvalue weighted by Crippen LogP contribution is 2.20. The molecule has 0 spiro atoms. The Morgan fingerprint density at radius 1 is 0.326 bits per heavy atom. The average molecular weight is 605 g/mol. The van der Waals surface area contributed by atoms with Crippen LogP contribution in [0.15, 0.2) is 72.8 Å². The van der Waals surface area contributed by atoms with Crippen molar-refractivity contribution in [1.82, 2.24) is 29.9 Å². The molecule has 46 heavy (non-hydrogen) atoms. The van der Waals surface area contributed by atoms with Gasteiger partial charge in [0.25, 0.3) is 0 Å². The fourth-order valence-corrected chi connectivity index (χ4v) is 4.79. The van der Waals surface area contributed by atoms with Gasteiger partial charge in [0.15, 0.2) is 0 Å². The summed E-state index contributed by atoms with van der Waals surface area (Å²) in [6.07, 6.45) is 19.4. The fourth-order valence-electron chi connectivity index (χ4n) is 4.79. The van der Waals surface area contributed by atoms with Crippen LogP contribution in [0.3, 0.4) is 0 Å². The molecule has 0 radical (unpaired) electrons. The van der Waals surface area contributed by atoms with Gasteiger partial charge in [-0.05, 0) is 123 Å². The predicted octanol–water partition coefficient (Wildman–Crippen LogP) is 8.99. The maximum Gasteiger partial charge on any atom is 0.0895 e. The van der Waals surface area contributed by atoms with Gasteiger partial charge in [-0.3, -0.25) is 19.9 Å². The number of pyridine rings is 4. The number of hydrogen-bond acceptors (Lipinski definition) is 6. The van der Waals surface area contributed by atoms with Crippen molar-refractivity contribution in [2.24, 2.45) is 0 Å². The van der Waals surface area contributed by atoms with E-state index >= 15 is 0 Å². The maximum absolute atomic E-state index is 5.14. The summed E-state index contributed by atoms with van der Waals surface area (Å²) in [5.41, 5.74) is 10.6. The van der Waals surface area contributed by atoms with E-state index < -0.39 is 0 Å². The third kappa shape index (κ3) is 8.85. The van der Waals surface area contributed by atoms with Gasteiger partial charge in [0.2, 0.25) is 0 Å². The van der Waals surface area contributed by atoms with E-state index in [1.807, 2.05) is 121 Å². The monoisotopic (exact) mass is 604 g/mol. The number of hydrogen-bond donors (Lipinski definition) is 0. The summed E-state index contributed by atoms with van der Waals surface area (Å²) in [4.78, 5) is 29.3. The third-order valence-corrected chi connectivity index (χ3v) is 7.42. The molecule has 5 rings (SSSR count). The second kappa shape index (κ2) is 16.1. The zero-order valence-corrected chi connectivity index (χ0v) is 27.1. The van der Waals surface area contributed by atoms with Crippen LogP contribution in [0.2, 0.25) is 0 Å². The van der Waals surface area contributed by atoms with Gasteiger partial charge < -0.3 is 0 Å². The van der Waals surface area contributed by atoms with Crippen LogP contribution in [-0.2, 0) is 25.7 Å². The Morgan fingerprint density at radius 3 is 0.783 bits per heavy atom. The Hall–Kier alpha value is -5.36. The molecule has 6 heteroatoms. The minimum absolute atomic E-state index is 0.727. The minimum atomic E-state index is 0.727. The third-order valence-electron chi connectivity index (χ3n) is 7.42. The van der Waals surface area contributed by atoms with Crippen molar-refractivity contribution in [1.29, 1.82) is 0 Å². The number of rotatable bonds is 12. The molecule has 0 saturated heterocycles. The number of aromatic nitrogens is 6. The van der Waals surface area contributed by atoms with Crippen molar-refractivity contribution in [2.45, 2.75) is 53.4 Å². The minimum Gasteiger partial charge on any atom is -0.253 e. The van der Waals surface area contributed by atoms with E-state index in [2.05, 4.69) is 27.7 Å². The van der Waals surface area contributed by atoms with Gasteiger partial charge in [-0.15, -0.1) is 0 Å². The Labute approximate surface area is 272 Å². The summed E-state index contributed by atoms with van der Waals surface area (Å²) >= 11 is 0. The molecule has 5 heterocycles. The first-order valence-corrected chi connectivity index (χ1v) is 16.0. The molecule has 0 amide bonds. The van der Waals surface area contributed by atoms with Gasteiger partial charge in [0.05, 0.1) is 45.6 Å². The Bertz CT molecular complexity index is 1630. The standard InChI is InChI=1S/C40H40N6/c1-5-29-13-9-17-33(41-29)21-25-37-38(26-22-34-18-10-14-30(6-2)42-34)46-40(28-24-36-20-12-16-32(8-4)44-36)39(45-37)27-23-35-19-11-15-31(7-3)43-35/h9-28H,5-8H2,1-4H3. The van der Waals surface area contributed by atoms with Gasteiger partial charge in [0.1, 0.15) is 0 Å². The Kier molecular flexibility index (Phi) is 11.2. The van der Waals surface area contributed by atoms with Crippen molar-refractivity contribution in [3.05, 3.63) is 141 Å². The zero-order valence-electron chi connectivity index (χ0n) is 27.1. The van der Waals surface area contributed by atoms with Gasteiger partial charge in [0, 0.05) is 22.8 Å². The molecule has 0 aliphatic rings.